The molecule has 0 bridgehead atoms. The third-order valence-electron chi connectivity index (χ3n) is 3.23. The average molecular weight is 294 g/mol. The van der Waals surface area contributed by atoms with Gasteiger partial charge in [-0.15, -0.1) is 0 Å². The van der Waals surface area contributed by atoms with Gasteiger partial charge in [0.25, 0.3) is 0 Å². The number of halogens is 1. The van der Waals surface area contributed by atoms with Gasteiger partial charge in [-0.25, -0.2) is 0 Å². The zero-order valence-corrected chi connectivity index (χ0v) is 12.1. The third kappa shape index (κ3) is 3.00. The molecule has 1 atom stereocenters. The highest BCUT2D eigenvalue weighted by Crippen LogP contribution is 2.28. The van der Waals surface area contributed by atoms with Crippen molar-refractivity contribution in [3.63, 3.8) is 0 Å². The number of benzene rings is 1. The molecule has 2 rings (SSSR count). The highest BCUT2D eigenvalue weighted by molar-refractivity contribution is 6.31. The first-order chi connectivity index (χ1) is 9.50. The molecule has 0 aliphatic heterocycles. The van der Waals surface area contributed by atoms with E-state index in [9.17, 15) is 9.90 Å². The van der Waals surface area contributed by atoms with Gasteiger partial charge in [-0.1, -0.05) is 29.8 Å². The second-order valence-electron chi connectivity index (χ2n) is 4.70. The molecule has 6 heteroatoms. The Bertz CT molecular complexity index is 612. The third-order valence-corrected chi connectivity index (χ3v) is 3.57. The molecular weight excluding hydrogens is 278 g/mol. The molecule has 1 unspecified atom stereocenters. The number of likely N-dealkylation sites (N-methyl/N-ethyl adjacent to an activating group) is 1. The molecular formula is C14H16ClN3O2. The lowest BCUT2D eigenvalue weighted by atomic mass is 10.1. The van der Waals surface area contributed by atoms with Crippen LogP contribution in [0.3, 0.4) is 0 Å². The smallest absolute Gasteiger partial charge is 0.325 e. The van der Waals surface area contributed by atoms with Gasteiger partial charge in [-0.05, 0) is 25.6 Å². The quantitative estimate of drug-likeness (QED) is 0.889. The van der Waals surface area contributed by atoms with Crippen LogP contribution in [0.25, 0.3) is 0 Å². The number of carbonyl (C=O) groups is 1. The molecule has 0 spiro atoms. The van der Waals surface area contributed by atoms with Gasteiger partial charge in [0.2, 0.25) is 0 Å². The Labute approximate surface area is 122 Å². The Morgan fingerprint density at radius 1 is 1.50 bits per heavy atom. The lowest BCUT2D eigenvalue weighted by molar-refractivity contribution is -0.143. The molecule has 0 aliphatic carbocycles. The summed E-state index contributed by atoms with van der Waals surface area (Å²) in [7, 11) is 1.76. The Morgan fingerprint density at radius 3 is 2.75 bits per heavy atom. The lowest BCUT2D eigenvalue weighted by Crippen LogP contribution is -2.30. The molecule has 0 aliphatic rings. The number of aliphatic carboxylic acids is 1. The minimum absolute atomic E-state index is 0.454. The van der Waals surface area contributed by atoms with Gasteiger partial charge in [0.1, 0.15) is 6.04 Å². The van der Waals surface area contributed by atoms with Crippen LogP contribution in [0.1, 0.15) is 22.9 Å². The molecule has 0 fully saturated rings. The van der Waals surface area contributed by atoms with Crippen molar-refractivity contribution < 1.29 is 9.90 Å². The number of carboxylic acids is 1. The van der Waals surface area contributed by atoms with Crippen LogP contribution in [0.4, 0.5) is 0 Å². The predicted octanol–water partition coefficient (Wildman–Crippen LogP) is 2.63. The maximum Gasteiger partial charge on any atom is 0.325 e. The summed E-state index contributed by atoms with van der Waals surface area (Å²) in [5.74, 6) is -0.929. The van der Waals surface area contributed by atoms with Crippen LogP contribution in [0.15, 0.2) is 30.5 Å². The number of hydrogen-bond donors (Lipinski definition) is 2. The first kappa shape index (κ1) is 14.6. The van der Waals surface area contributed by atoms with Gasteiger partial charge < -0.3 is 5.11 Å². The number of nitrogens with zero attached hydrogens (tertiary/aromatic N) is 2. The van der Waals surface area contributed by atoms with E-state index in [1.54, 1.807) is 42.4 Å². The van der Waals surface area contributed by atoms with E-state index in [0.717, 1.165) is 11.3 Å². The van der Waals surface area contributed by atoms with Crippen molar-refractivity contribution in [1.29, 1.82) is 0 Å². The fourth-order valence-corrected chi connectivity index (χ4v) is 2.39. The van der Waals surface area contributed by atoms with Gasteiger partial charge in [-0.3, -0.25) is 14.8 Å². The van der Waals surface area contributed by atoms with Crippen molar-refractivity contribution in [2.75, 3.05) is 7.05 Å². The standard InChI is InChI=1S/C14H16ClN3O2/c1-9-10(7-16-17-9)8-18(2)13(14(19)20)11-5-3-4-6-12(11)15/h3-7,13H,8H2,1-2H3,(H,16,17)(H,19,20). The maximum absolute atomic E-state index is 11.6. The summed E-state index contributed by atoms with van der Waals surface area (Å²) in [5.41, 5.74) is 2.48. The Hall–Kier alpha value is -1.85. The average Bonchev–Trinajstić information content (AvgIpc) is 2.77. The Kier molecular flexibility index (Phi) is 4.42. The summed E-state index contributed by atoms with van der Waals surface area (Å²) >= 11 is 6.11. The highest BCUT2D eigenvalue weighted by Gasteiger charge is 2.27. The molecule has 1 aromatic heterocycles. The zero-order chi connectivity index (χ0) is 14.7. The number of aryl methyl sites for hydroxylation is 1. The molecule has 106 valence electrons. The topological polar surface area (TPSA) is 69.2 Å². The summed E-state index contributed by atoms with van der Waals surface area (Å²) in [4.78, 5) is 13.3. The second-order valence-corrected chi connectivity index (χ2v) is 5.10. The van der Waals surface area contributed by atoms with Crippen LogP contribution in [0.5, 0.6) is 0 Å². The summed E-state index contributed by atoms with van der Waals surface area (Å²) in [6.45, 7) is 2.38. The van der Waals surface area contributed by atoms with E-state index < -0.39 is 12.0 Å². The molecule has 2 N–H and O–H groups in total. The van der Waals surface area contributed by atoms with E-state index in [0.29, 0.717) is 17.1 Å². The monoisotopic (exact) mass is 293 g/mol. The van der Waals surface area contributed by atoms with E-state index in [2.05, 4.69) is 10.2 Å². The number of aromatic nitrogens is 2. The normalized spacial score (nSPS) is 12.6. The summed E-state index contributed by atoms with van der Waals surface area (Å²) in [5, 5.41) is 16.7. The molecule has 0 saturated heterocycles. The predicted molar refractivity (Wildman–Crippen MR) is 76.6 cm³/mol. The van der Waals surface area contributed by atoms with Crippen LogP contribution in [-0.4, -0.2) is 33.2 Å². The van der Waals surface area contributed by atoms with Crippen molar-refractivity contribution in [2.24, 2.45) is 0 Å². The van der Waals surface area contributed by atoms with Gasteiger partial charge in [0.15, 0.2) is 0 Å². The van der Waals surface area contributed by atoms with Crippen molar-refractivity contribution >= 4 is 17.6 Å². The first-order valence-corrected chi connectivity index (χ1v) is 6.55. The number of nitrogens with one attached hydrogen (secondary N) is 1. The molecule has 2 aromatic rings. The molecule has 1 heterocycles. The van der Waals surface area contributed by atoms with Crippen LogP contribution in [-0.2, 0) is 11.3 Å². The molecule has 0 saturated carbocycles. The van der Waals surface area contributed by atoms with E-state index in [1.165, 1.54) is 0 Å². The minimum Gasteiger partial charge on any atom is -0.480 e. The molecule has 0 amide bonds. The van der Waals surface area contributed by atoms with E-state index in [1.807, 2.05) is 6.92 Å². The highest BCUT2D eigenvalue weighted by atomic mass is 35.5. The fourth-order valence-electron chi connectivity index (χ4n) is 2.15. The van der Waals surface area contributed by atoms with Crippen LogP contribution >= 0.6 is 11.6 Å². The Balaban J connectivity index is 2.28. The van der Waals surface area contributed by atoms with E-state index in [4.69, 9.17) is 11.6 Å². The SMILES string of the molecule is Cc1[nH]ncc1CN(C)C(C(=O)O)c1ccccc1Cl. The van der Waals surface area contributed by atoms with Crippen molar-refractivity contribution in [3.05, 3.63) is 52.3 Å². The largest absolute Gasteiger partial charge is 0.480 e. The van der Waals surface area contributed by atoms with Crippen LogP contribution in [0.2, 0.25) is 5.02 Å². The van der Waals surface area contributed by atoms with Gasteiger partial charge in [0.05, 0.1) is 6.20 Å². The van der Waals surface area contributed by atoms with Crippen molar-refractivity contribution in [1.82, 2.24) is 15.1 Å². The summed E-state index contributed by atoms with van der Waals surface area (Å²) in [6, 6.07) is 6.21. The molecule has 5 nitrogen and oxygen atoms in total. The molecule has 1 aromatic carbocycles. The van der Waals surface area contributed by atoms with Gasteiger partial charge in [0, 0.05) is 22.8 Å². The number of hydrogen-bond acceptors (Lipinski definition) is 3. The number of H-pyrrole nitrogens is 1. The van der Waals surface area contributed by atoms with Gasteiger partial charge >= 0.3 is 5.97 Å². The van der Waals surface area contributed by atoms with Crippen molar-refractivity contribution in [3.8, 4) is 0 Å². The van der Waals surface area contributed by atoms with Crippen LogP contribution < -0.4 is 0 Å². The second kappa shape index (κ2) is 6.07. The van der Waals surface area contributed by atoms with E-state index in [-0.39, 0.29) is 0 Å². The lowest BCUT2D eigenvalue weighted by Gasteiger charge is -2.25. The molecule has 0 radical (unpaired) electrons. The molecule has 20 heavy (non-hydrogen) atoms. The summed E-state index contributed by atoms with van der Waals surface area (Å²) < 4.78 is 0. The Morgan fingerprint density at radius 2 is 2.20 bits per heavy atom. The minimum atomic E-state index is -0.929. The van der Waals surface area contributed by atoms with E-state index >= 15 is 0 Å². The van der Waals surface area contributed by atoms with Crippen molar-refractivity contribution in [2.45, 2.75) is 19.5 Å². The maximum atomic E-state index is 11.6. The first-order valence-electron chi connectivity index (χ1n) is 6.17. The number of rotatable bonds is 5. The van der Waals surface area contributed by atoms with Gasteiger partial charge in [-0.2, -0.15) is 5.10 Å². The number of carboxylic acid groups (broad SMARTS) is 1. The number of aromatic amines is 1. The summed E-state index contributed by atoms with van der Waals surface area (Å²) in [6.07, 6.45) is 1.71. The fraction of sp³-hybridized carbons (Fsp3) is 0.286. The van der Waals surface area contributed by atoms with Crippen LogP contribution in [0, 0.1) is 6.92 Å². The zero-order valence-electron chi connectivity index (χ0n) is 11.3.